The molecule has 0 aromatic heterocycles. The number of carbonyl (C=O) groups is 1. The van der Waals surface area contributed by atoms with Gasteiger partial charge in [-0.15, -0.1) is 0 Å². The number of urea groups is 1. The lowest BCUT2D eigenvalue weighted by Gasteiger charge is -2.34. The number of nitriles is 1. The number of aryl methyl sites for hydroxylation is 1. The molecule has 158 valence electrons. The fourth-order valence-electron chi connectivity index (χ4n) is 3.38. The smallest absolute Gasteiger partial charge is 0.317 e. The Morgan fingerprint density at radius 2 is 1.70 bits per heavy atom. The number of piperazine rings is 1. The van der Waals surface area contributed by atoms with E-state index < -0.39 is 10.0 Å². The monoisotopic (exact) mass is 426 g/mol. The molecule has 8 heteroatoms. The van der Waals surface area contributed by atoms with Gasteiger partial charge in [-0.25, -0.2) is 13.2 Å². The topological polar surface area (TPSA) is 93.5 Å². The van der Waals surface area contributed by atoms with Gasteiger partial charge in [0.05, 0.1) is 16.5 Å². The number of hydrogen-bond donors (Lipinski definition) is 1. The summed E-state index contributed by atoms with van der Waals surface area (Å²) < 4.78 is 27.0. The molecule has 3 rings (SSSR count). The molecule has 7 nitrogen and oxygen atoms in total. The van der Waals surface area contributed by atoms with E-state index in [2.05, 4.69) is 17.4 Å². The Labute approximate surface area is 178 Å². The van der Waals surface area contributed by atoms with E-state index in [1.165, 1.54) is 34.1 Å². The number of amides is 2. The summed E-state index contributed by atoms with van der Waals surface area (Å²) in [5.41, 5.74) is 1.65. The molecule has 1 N–H and O–H groups in total. The minimum Gasteiger partial charge on any atom is -0.336 e. The molecule has 1 aliphatic heterocycles. The molecule has 2 amide bonds. The van der Waals surface area contributed by atoms with Crippen LogP contribution < -0.4 is 5.32 Å². The first-order valence-electron chi connectivity index (χ1n) is 10.00. The molecule has 0 spiro atoms. The van der Waals surface area contributed by atoms with Crippen LogP contribution in [0.15, 0.2) is 59.5 Å². The van der Waals surface area contributed by atoms with E-state index in [-0.39, 0.29) is 30.1 Å². The predicted molar refractivity (Wildman–Crippen MR) is 114 cm³/mol. The Hall–Kier alpha value is -2.89. The number of carbonyl (C=O) groups excluding carboxylic acids is 1. The van der Waals surface area contributed by atoms with Crippen LogP contribution in [-0.4, -0.2) is 55.9 Å². The van der Waals surface area contributed by atoms with Crippen LogP contribution in [0.3, 0.4) is 0 Å². The molecule has 0 bridgehead atoms. The van der Waals surface area contributed by atoms with Crippen LogP contribution in [0.1, 0.15) is 24.5 Å². The normalized spacial score (nSPS) is 15.9. The summed E-state index contributed by atoms with van der Waals surface area (Å²) in [6.07, 6.45) is 1.72. The molecule has 1 unspecified atom stereocenters. The molecule has 0 aliphatic carbocycles. The first-order valence-corrected chi connectivity index (χ1v) is 11.4. The van der Waals surface area contributed by atoms with Gasteiger partial charge in [0, 0.05) is 32.2 Å². The molecular weight excluding hydrogens is 400 g/mol. The average molecular weight is 427 g/mol. The summed E-state index contributed by atoms with van der Waals surface area (Å²) in [4.78, 5) is 14.4. The van der Waals surface area contributed by atoms with E-state index >= 15 is 0 Å². The third-order valence-corrected chi connectivity index (χ3v) is 7.14. The van der Waals surface area contributed by atoms with Crippen LogP contribution in [0, 0.1) is 11.3 Å². The number of sulfonamides is 1. The van der Waals surface area contributed by atoms with Gasteiger partial charge in [0.1, 0.15) is 0 Å². The van der Waals surface area contributed by atoms with Crippen molar-refractivity contribution in [1.82, 2.24) is 14.5 Å². The molecule has 1 fully saturated rings. The van der Waals surface area contributed by atoms with Gasteiger partial charge in [-0.3, -0.25) is 0 Å². The third-order valence-electron chi connectivity index (χ3n) is 5.23. The Balaban J connectivity index is 1.49. The van der Waals surface area contributed by atoms with Crippen LogP contribution in [0.5, 0.6) is 0 Å². The highest BCUT2D eigenvalue weighted by molar-refractivity contribution is 7.89. The van der Waals surface area contributed by atoms with E-state index in [9.17, 15) is 13.2 Å². The van der Waals surface area contributed by atoms with Gasteiger partial charge in [-0.1, -0.05) is 30.3 Å². The lowest BCUT2D eigenvalue weighted by Crippen LogP contribution is -2.54. The summed E-state index contributed by atoms with van der Waals surface area (Å²) in [5, 5.41) is 11.9. The standard InChI is InChI=1S/C22H26N4O3S/c1-18(7-8-19-5-3-2-4-6-19)24-22(27)25-13-15-26(16-14-25)30(28,29)21-11-9-20(17-23)10-12-21/h2-6,9-12,18H,7-8,13-16H2,1H3,(H,24,27). The number of nitrogens with zero attached hydrogens (tertiary/aromatic N) is 3. The largest absolute Gasteiger partial charge is 0.336 e. The molecule has 1 saturated heterocycles. The lowest BCUT2D eigenvalue weighted by atomic mass is 10.1. The Morgan fingerprint density at radius 1 is 1.07 bits per heavy atom. The summed E-state index contributed by atoms with van der Waals surface area (Å²) >= 11 is 0. The van der Waals surface area contributed by atoms with E-state index in [1.54, 1.807) is 4.90 Å². The third kappa shape index (κ3) is 5.38. The van der Waals surface area contributed by atoms with Crippen LogP contribution in [0.25, 0.3) is 0 Å². The van der Waals surface area contributed by atoms with Crippen molar-refractivity contribution in [2.75, 3.05) is 26.2 Å². The van der Waals surface area contributed by atoms with Crippen LogP contribution in [0.4, 0.5) is 4.79 Å². The quantitative estimate of drug-likeness (QED) is 0.768. The number of nitrogens with one attached hydrogen (secondary N) is 1. The molecule has 2 aromatic carbocycles. The highest BCUT2D eigenvalue weighted by Crippen LogP contribution is 2.18. The average Bonchev–Trinajstić information content (AvgIpc) is 2.78. The van der Waals surface area contributed by atoms with Crippen molar-refractivity contribution >= 4 is 16.1 Å². The summed E-state index contributed by atoms with van der Waals surface area (Å²) in [6, 6.07) is 17.9. The maximum Gasteiger partial charge on any atom is 0.317 e. The van der Waals surface area contributed by atoms with Gasteiger partial charge in [-0.05, 0) is 49.6 Å². The molecule has 30 heavy (non-hydrogen) atoms. The second kappa shape index (κ2) is 9.74. The number of hydrogen-bond acceptors (Lipinski definition) is 4. The molecule has 2 aromatic rings. The fourth-order valence-corrected chi connectivity index (χ4v) is 4.81. The second-order valence-electron chi connectivity index (χ2n) is 7.40. The zero-order chi connectivity index (χ0) is 21.6. The molecule has 1 aliphatic rings. The Morgan fingerprint density at radius 3 is 2.30 bits per heavy atom. The summed E-state index contributed by atoms with van der Waals surface area (Å²) in [5.74, 6) is 0. The number of benzene rings is 2. The van der Waals surface area contributed by atoms with Crippen molar-refractivity contribution < 1.29 is 13.2 Å². The van der Waals surface area contributed by atoms with Crippen LogP contribution >= 0.6 is 0 Å². The van der Waals surface area contributed by atoms with Crippen LogP contribution in [-0.2, 0) is 16.4 Å². The van der Waals surface area contributed by atoms with E-state index in [0.717, 1.165) is 12.8 Å². The van der Waals surface area contributed by atoms with Crippen molar-refractivity contribution in [2.45, 2.75) is 30.7 Å². The SMILES string of the molecule is CC(CCc1ccccc1)NC(=O)N1CCN(S(=O)(=O)c2ccc(C#N)cc2)CC1. The molecule has 1 heterocycles. The summed E-state index contributed by atoms with van der Waals surface area (Å²) in [7, 11) is -3.63. The van der Waals surface area contributed by atoms with Crippen molar-refractivity contribution in [1.29, 1.82) is 5.26 Å². The Bertz CT molecular complexity index is 993. The van der Waals surface area contributed by atoms with Crippen molar-refractivity contribution in [3.63, 3.8) is 0 Å². The number of rotatable bonds is 6. The zero-order valence-corrected chi connectivity index (χ0v) is 17.8. The van der Waals surface area contributed by atoms with E-state index in [0.29, 0.717) is 18.7 Å². The predicted octanol–water partition coefficient (Wildman–Crippen LogP) is 2.60. The first kappa shape index (κ1) is 21.8. The van der Waals surface area contributed by atoms with E-state index in [4.69, 9.17) is 5.26 Å². The van der Waals surface area contributed by atoms with Gasteiger partial charge in [0.15, 0.2) is 0 Å². The Kier molecular flexibility index (Phi) is 7.08. The van der Waals surface area contributed by atoms with Crippen LogP contribution in [0.2, 0.25) is 0 Å². The zero-order valence-electron chi connectivity index (χ0n) is 17.0. The fraction of sp³-hybridized carbons (Fsp3) is 0.364. The lowest BCUT2D eigenvalue weighted by molar-refractivity contribution is 0.169. The maximum absolute atomic E-state index is 12.8. The minimum absolute atomic E-state index is 0.0260. The van der Waals surface area contributed by atoms with Gasteiger partial charge < -0.3 is 10.2 Å². The van der Waals surface area contributed by atoms with Crippen molar-refractivity contribution in [2.24, 2.45) is 0 Å². The van der Waals surface area contributed by atoms with E-state index in [1.807, 2.05) is 31.2 Å². The maximum atomic E-state index is 12.8. The van der Waals surface area contributed by atoms with Gasteiger partial charge >= 0.3 is 6.03 Å². The highest BCUT2D eigenvalue weighted by Gasteiger charge is 2.30. The molecule has 1 atom stereocenters. The molecule has 0 saturated carbocycles. The molecular formula is C22H26N4O3S. The highest BCUT2D eigenvalue weighted by atomic mass is 32.2. The molecule has 0 radical (unpaired) electrons. The first-order chi connectivity index (χ1) is 14.4. The van der Waals surface area contributed by atoms with Crippen molar-refractivity contribution in [3.8, 4) is 6.07 Å². The summed E-state index contributed by atoms with van der Waals surface area (Å²) in [6.45, 7) is 3.15. The van der Waals surface area contributed by atoms with Gasteiger partial charge in [-0.2, -0.15) is 9.57 Å². The van der Waals surface area contributed by atoms with Gasteiger partial charge in [0.25, 0.3) is 0 Å². The van der Waals surface area contributed by atoms with Crippen molar-refractivity contribution in [3.05, 3.63) is 65.7 Å². The minimum atomic E-state index is -3.63. The second-order valence-corrected chi connectivity index (χ2v) is 9.34. The van der Waals surface area contributed by atoms with Gasteiger partial charge in [0.2, 0.25) is 10.0 Å².